The SMILES string of the molecule is O=C(Nc1ccc(C(=O)N=Nc2c(O)[nH]c3ccc(Cl)cc23)cc1)Nc1ccc(Cl)c(C(F)(F)F)c1. The number of halogens is 5. The zero-order chi connectivity index (χ0) is 26.0. The van der Waals surface area contributed by atoms with E-state index in [9.17, 15) is 27.9 Å². The summed E-state index contributed by atoms with van der Waals surface area (Å²) in [5.41, 5.74) is -0.197. The minimum atomic E-state index is -4.68. The third kappa shape index (κ3) is 5.58. The summed E-state index contributed by atoms with van der Waals surface area (Å²) in [5, 5.41) is 22.6. The van der Waals surface area contributed by atoms with Crippen LogP contribution in [-0.4, -0.2) is 22.0 Å². The van der Waals surface area contributed by atoms with Crippen molar-refractivity contribution < 1.29 is 27.9 Å². The molecule has 4 rings (SSSR count). The van der Waals surface area contributed by atoms with Crippen molar-refractivity contribution >= 4 is 63.1 Å². The summed E-state index contributed by atoms with van der Waals surface area (Å²) in [6.45, 7) is 0. The number of hydrogen-bond donors (Lipinski definition) is 4. The van der Waals surface area contributed by atoms with Crippen LogP contribution >= 0.6 is 23.2 Å². The number of carbonyl (C=O) groups excluding carboxylic acids is 2. The molecule has 1 aromatic heterocycles. The summed E-state index contributed by atoms with van der Waals surface area (Å²) >= 11 is 11.5. The number of rotatable bonds is 4. The molecule has 3 aromatic carbocycles. The first-order valence-corrected chi connectivity index (χ1v) is 10.8. The number of nitrogens with zero attached hydrogens (tertiary/aromatic N) is 2. The Morgan fingerprint density at radius 2 is 1.58 bits per heavy atom. The van der Waals surface area contributed by atoms with E-state index in [0.29, 0.717) is 22.0 Å². The topological polar surface area (TPSA) is 119 Å². The summed E-state index contributed by atoms with van der Waals surface area (Å²) in [6, 6.07) is 12.5. The molecular weight excluding hydrogens is 522 g/mol. The summed E-state index contributed by atoms with van der Waals surface area (Å²) in [4.78, 5) is 27.3. The fourth-order valence-electron chi connectivity index (χ4n) is 3.20. The summed E-state index contributed by atoms with van der Waals surface area (Å²) in [5.74, 6) is -1.000. The molecule has 0 unspecified atom stereocenters. The molecule has 13 heteroatoms. The molecule has 4 N–H and O–H groups in total. The zero-order valence-electron chi connectivity index (χ0n) is 17.8. The van der Waals surface area contributed by atoms with Gasteiger partial charge in [-0.1, -0.05) is 23.2 Å². The van der Waals surface area contributed by atoms with Crippen molar-refractivity contribution in [1.82, 2.24) is 4.98 Å². The van der Waals surface area contributed by atoms with Crippen molar-refractivity contribution in [3.05, 3.63) is 81.8 Å². The van der Waals surface area contributed by atoms with E-state index in [0.717, 1.165) is 6.07 Å². The Bertz CT molecular complexity index is 1500. The number of aromatic nitrogens is 1. The predicted octanol–water partition coefficient (Wildman–Crippen LogP) is 7.77. The number of nitrogens with one attached hydrogen (secondary N) is 3. The molecule has 0 aliphatic rings. The van der Waals surface area contributed by atoms with Gasteiger partial charge < -0.3 is 20.7 Å². The molecule has 3 amide bonds. The molecular formula is C23H14Cl2F3N5O3. The van der Waals surface area contributed by atoms with Gasteiger partial charge in [0.1, 0.15) is 0 Å². The van der Waals surface area contributed by atoms with Gasteiger partial charge in [-0.15, -0.1) is 10.2 Å². The second-order valence-corrected chi connectivity index (χ2v) is 8.21. The van der Waals surface area contributed by atoms with Gasteiger partial charge in [0, 0.05) is 27.3 Å². The van der Waals surface area contributed by atoms with E-state index in [-0.39, 0.29) is 28.5 Å². The standard InChI is InChI=1S/C23H14Cl2F3N5O3/c24-12-3-8-18-15(9-12)19(21(35)31-18)32-33-20(34)11-1-4-13(5-2-11)29-22(36)30-14-6-7-17(25)16(10-14)23(26,27)28/h1-10,31,35H,(H2,29,30,36). The number of aromatic hydroxyl groups is 1. The Morgan fingerprint density at radius 1 is 0.917 bits per heavy atom. The Kier molecular flexibility index (Phi) is 6.86. The van der Waals surface area contributed by atoms with Gasteiger partial charge in [0.15, 0.2) is 5.69 Å². The average Bonchev–Trinajstić information content (AvgIpc) is 3.12. The average molecular weight is 536 g/mol. The minimum absolute atomic E-state index is 0.0479. The third-order valence-corrected chi connectivity index (χ3v) is 5.44. The monoisotopic (exact) mass is 535 g/mol. The molecule has 0 aliphatic heterocycles. The lowest BCUT2D eigenvalue weighted by Crippen LogP contribution is -2.20. The lowest BCUT2D eigenvalue weighted by molar-refractivity contribution is -0.137. The lowest BCUT2D eigenvalue weighted by atomic mass is 10.2. The molecule has 36 heavy (non-hydrogen) atoms. The molecule has 0 aliphatic carbocycles. The van der Waals surface area contributed by atoms with Crippen LogP contribution < -0.4 is 10.6 Å². The van der Waals surface area contributed by atoms with Gasteiger partial charge in [0.25, 0.3) is 5.91 Å². The molecule has 0 spiro atoms. The first-order chi connectivity index (χ1) is 17.0. The maximum Gasteiger partial charge on any atom is 0.417 e. The number of alkyl halides is 3. The van der Waals surface area contributed by atoms with Gasteiger partial charge in [-0.05, 0) is 60.7 Å². The minimum Gasteiger partial charge on any atom is -0.493 e. The van der Waals surface area contributed by atoms with E-state index in [1.807, 2.05) is 0 Å². The Morgan fingerprint density at radius 3 is 2.28 bits per heavy atom. The van der Waals surface area contributed by atoms with Gasteiger partial charge in [-0.25, -0.2) is 4.79 Å². The van der Waals surface area contributed by atoms with Gasteiger partial charge in [-0.3, -0.25) is 4.79 Å². The van der Waals surface area contributed by atoms with Gasteiger partial charge >= 0.3 is 12.2 Å². The number of anilines is 2. The van der Waals surface area contributed by atoms with E-state index in [1.165, 1.54) is 30.3 Å². The molecule has 0 saturated heterocycles. The van der Waals surface area contributed by atoms with Gasteiger partial charge in [0.2, 0.25) is 5.88 Å². The van der Waals surface area contributed by atoms with Crippen LogP contribution in [0.1, 0.15) is 15.9 Å². The number of aromatic amines is 1. The van der Waals surface area contributed by atoms with Crippen LogP contribution in [0.3, 0.4) is 0 Å². The molecule has 0 atom stereocenters. The molecule has 4 aromatic rings. The van der Waals surface area contributed by atoms with Crippen LogP contribution in [0.15, 0.2) is 70.9 Å². The van der Waals surface area contributed by atoms with Crippen molar-refractivity contribution in [1.29, 1.82) is 0 Å². The Hall–Kier alpha value is -4.09. The van der Waals surface area contributed by atoms with Gasteiger partial charge in [0.05, 0.1) is 16.1 Å². The van der Waals surface area contributed by atoms with Gasteiger partial charge in [-0.2, -0.15) is 13.2 Å². The number of hydrogen-bond acceptors (Lipinski definition) is 4. The normalized spacial score (nSPS) is 11.7. The highest BCUT2D eigenvalue weighted by Gasteiger charge is 2.33. The van der Waals surface area contributed by atoms with E-state index in [1.54, 1.807) is 18.2 Å². The predicted molar refractivity (Wildman–Crippen MR) is 129 cm³/mol. The van der Waals surface area contributed by atoms with Crippen molar-refractivity contribution in [2.75, 3.05) is 10.6 Å². The third-order valence-electron chi connectivity index (χ3n) is 4.87. The van der Waals surface area contributed by atoms with E-state index in [4.69, 9.17) is 23.2 Å². The Labute approximate surface area is 210 Å². The highest BCUT2D eigenvalue weighted by molar-refractivity contribution is 6.32. The van der Waals surface area contributed by atoms with E-state index in [2.05, 4.69) is 25.8 Å². The number of carbonyl (C=O) groups is 2. The van der Waals surface area contributed by atoms with Crippen LogP contribution in [0, 0.1) is 0 Å². The molecule has 0 fully saturated rings. The number of benzene rings is 3. The van der Waals surface area contributed by atoms with Crippen molar-refractivity contribution in [3.63, 3.8) is 0 Å². The number of H-pyrrole nitrogens is 1. The molecule has 184 valence electrons. The summed E-state index contributed by atoms with van der Waals surface area (Å²) in [7, 11) is 0. The second-order valence-electron chi connectivity index (χ2n) is 7.37. The first kappa shape index (κ1) is 25.0. The molecule has 1 heterocycles. The maximum absolute atomic E-state index is 13.0. The van der Waals surface area contributed by atoms with E-state index < -0.39 is 28.7 Å². The quantitative estimate of drug-likeness (QED) is 0.200. The number of amides is 3. The van der Waals surface area contributed by atoms with Crippen LogP contribution in [0.5, 0.6) is 5.88 Å². The fraction of sp³-hybridized carbons (Fsp3) is 0.0435. The number of azo groups is 1. The summed E-state index contributed by atoms with van der Waals surface area (Å²) in [6.07, 6.45) is -4.68. The molecule has 8 nitrogen and oxygen atoms in total. The van der Waals surface area contributed by atoms with Crippen LogP contribution in [-0.2, 0) is 6.18 Å². The number of urea groups is 1. The molecule has 0 radical (unpaired) electrons. The highest BCUT2D eigenvalue weighted by atomic mass is 35.5. The van der Waals surface area contributed by atoms with Crippen molar-refractivity contribution in [3.8, 4) is 5.88 Å². The highest BCUT2D eigenvalue weighted by Crippen LogP contribution is 2.37. The van der Waals surface area contributed by atoms with Crippen LogP contribution in [0.2, 0.25) is 10.0 Å². The molecule has 0 bridgehead atoms. The fourth-order valence-corrected chi connectivity index (χ4v) is 3.60. The lowest BCUT2D eigenvalue weighted by Gasteiger charge is -2.12. The van der Waals surface area contributed by atoms with Crippen LogP contribution in [0.25, 0.3) is 10.9 Å². The first-order valence-electron chi connectivity index (χ1n) is 10.0. The van der Waals surface area contributed by atoms with Crippen LogP contribution in [0.4, 0.5) is 35.0 Å². The van der Waals surface area contributed by atoms with Crippen molar-refractivity contribution in [2.24, 2.45) is 10.2 Å². The molecule has 0 saturated carbocycles. The largest absolute Gasteiger partial charge is 0.493 e. The Balaban J connectivity index is 1.42. The summed E-state index contributed by atoms with van der Waals surface area (Å²) < 4.78 is 38.9. The number of fused-ring (bicyclic) bond motifs is 1. The van der Waals surface area contributed by atoms with Crippen molar-refractivity contribution in [2.45, 2.75) is 6.18 Å². The van der Waals surface area contributed by atoms with E-state index >= 15 is 0 Å². The zero-order valence-corrected chi connectivity index (χ0v) is 19.3. The maximum atomic E-state index is 13.0. The smallest absolute Gasteiger partial charge is 0.417 e. The second kappa shape index (κ2) is 9.88.